The molecule has 0 bridgehead atoms. The van der Waals surface area contributed by atoms with Crippen LogP contribution in [-0.2, 0) is 4.74 Å². The molecule has 0 radical (unpaired) electrons. The van der Waals surface area contributed by atoms with Gasteiger partial charge in [-0.05, 0) is 27.2 Å². The van der Waals surface area contributed by atoms with Gasteiger partial charge in [0.1, 0.15) is 11.3 Å². The van der Waals surface area contributed by atoms with Crippen LogP contribution in [0.25, 0.3) is 0 Å². The zero-order valence-electron chi connectivity index (χ0n) is 10.1. The van der Waals surface area contributed by atoms with Crippen molar-refractivity contribution >= 4 is 6.09 Å². The van der Waals surface area contributed by atoms with Gasteiger partial charge in [0.25, 0.3) is 0 Å². The number of ether oxygens (including phenoxy) is 1. The summed E-state index contributed by atoms with van der Waals surface area (Å²) in [7, 11) is 0. The molecular weight excluding hydrogens is 208 g/mol. The number of aromatic amines is 1. The van der Waals surface area contributed by atoms with Crippen molar-refractivity contribution in [1.82, 2.24) is 20.7 Å². The van der Waals surface area contributed by atoms with Crippen LogP contribution in [0.3, 0.4) is 0 Å². The molecule has 2 N–H and O–H groups in total. The van der Waals surface area contributed by atoms with E-state index in [1.807, 2.05) is 27.7 Å². The number of H-pyrrole nitrogens is 1. The van der Waals surface area contributed by atoms with Gasteiger partial charge in [-0.1, -0.05) is 6.92 Å². The summed E-state index contributed by atoms with van der Waals surface area (Å²) in [5.74, 6) is 0. The molecule has 0 spiro atoms. The van der Waals surface area contributed by atoms with Crippen molar-refractivity contribution in [3.05, 3.63) is 11.9 Å². The smallest absolute Gasteiger partial charge is 0.408 e. The Morgan fingerprint density at radius 2 is 2.31 bits per heavy atom. The zero-order chi connectivity index (χ0) is 12.2. The zero-order valence-corrected chi connectivity index (χ0v) is 10.1. The maximum atomic E-state index is 11.5. The molecule has 1 aromatic rings. The van der Waals surface area contributed by atoms with E-state index in [4.69, 9.17) is 4.74 Å². The fourth-order valence-corrected chi connectivity index (χ4v) is 1.21. The Bertz CT molecular complexity index is 329. The number of rotatable bonds is 3. The molecule has 0 aliphatic carbocycles. The highest BCUT2D eigenvalue weighted by Gasteiger charge is 2.20. The molecule has 0 fully saturated rings. The molecule has 1 amide bonds. The van der Waals surface area contributed by atoms with Gasteiger partial charge in [0.2, 0.25) is 0 Å². The van der Waals surface area contributed by atoms with Crippen LogP contribution in [0.5, 0.6) is 0 Å². The molecule has 1 aromatic heterocycles. The Morgan fingerprint density at radius 3 is 2.75 bits per heavy atom. The Kier molecular flexibility index (Phi) is 3.87. The van der Waals surface area contributed by atoms with E-state index in [1.54, 1.807) is 6.20 Å². The number of alkyl carbamates (subject to hydrolysis) is 1. The molecule has 1 unspecified atom stereocenters. The molecular formula is C10H18N4O2. The minimum atomic E-state index is -0.494. The van der Waals surface area contributed by atoms with Crippen LogP contribution in [-0.4, -0.2) is 27.1 Å². The van der Waals surface area contributed by atoms with Crippen LogP contribution in [0.15, 0.2) is 6.20 Å². The number of aromatic nitrogens is 3. The second kappa shape index (κ2) is 4.96. The third kappa shape index (κ3) is 3.88. The van der Waals surface area contributed by atoms with Crippen molar-refractivity contribution in [1.29, 1.82) is 0 Å². The van der Waals surface area contributed by atoms with Gasteiger partial charge in [-0.3, -0.25) is 0 Å². The van der Waals surface area contributed by atoms with Crippen LogP contribution < -0.4 is 5.32 Å². The Balaban J connectivity index is 2.55. The van der Waals surface area contributed by atoms with Crippen LogP contribution in [0.4, 0.5) is 4.79 Å². The summed E-state index contributed by atoms with van der Waals surface area (Å²) in [6, 6.07) is -0.173. The predicted octanol–water partition coefficient (Wildman–Crippen LogP) is 1.78. The van der Waals surface area contributed by atoms with Gasteiger partial charge in [0, 0.05) is 0 Å². The van der Waals surface area contributed by atoms with E-state index in [-0.39, 0.29) is 6.04 Å². The number of nitrogens with one attached hydrogen (secondary N) is 2. The first-order chi connectivity index (χ1) is 7.42. The Hall–Kier alpha value is -1.59. The van der Waals surface area contributed by atoms with E-state index in [9.17, 15) is 4.79 Å². The highest BCUT2D eigenvalue weighted by Crippen LogP contribution is 2.14. The molecule has 1 heterocycles. The van der Waals surface area contributed by atoms with Crippen molar-refractivity contribution in [2.45, 2.75) is 45.8 Å². The molecule has 0 aliphatic rings. The van der Waals surface area contributed by atoms with Crippen molar-refractivity contribution in [3.63, 3.8) is 0 Å². The van der Waals surface area contributed by atoms with E-state index in [2.05, 4.69) is 20.7 Å². The van der Waals surface area contributed by atoms with E-state index in [1.165, 1.54) is 0 Å². The second-order valence-electron chi connectivity index (χ2n) is 4.50. The molecule has 6 nitrogen and oxygen atoms in total. The fraction of sp³-hybridized carbons (Fsp3) is 0.700. The minimum absolute atomic E-state index is 0.173. The first-order valence-electron chi connectivity index (χ1n) is 5.27. The third-order valence-electron chi connectivity index (χ3n) is 1.89. The van der Waals surface area contributed by atoms with Gasteiger partial charge in [0.15, 0.2) is 0 Å². The number of nitrogens with zero attached hydrogens (tertiary/aromatic N) is 2. The summed E-state index contributed by atoms with van der Waals surface area (Å²) in [5, 5.41) is 12.9. The Morgan fingerprint density at radius 1 is 1.62 bits per heavy atom. The summed E-state index contributed by atoms with van der Waals surface area (Å²) in [6.45, 7) is 7.42. The minimum Gasteiger partial charge on any atom is -0.444 e. The molecule has 0 aromatic carbocycles. The maximum Gasteiger partial charge on any atom is 0.408 e. The van der Waals surface area contributed by atoms with E-state index in [0.717, 1.165) is 6.42 Å². The lowest BCUT2D eigenvalue weighted by molar-refractivity contribution is 0.0501. The van der Waals surface area contributed by atoms with Gasteiger partial charge in [-0.2, -0.15) is 15.4 Å². The highest BCUT2D eigenvalue weighted by atomic mass is 16.6. The average molecular weight is 226 g/mol. The lowest BCUT2D eigenvalue weighted by atomic mass is 10.2. The summed E-state index contributed by atoms with van der Waals surface area (Å²) < 4.78 is 5.16. The fourth-order valence-electron chi connectivity index (χ4n) is 1.21. The monoisotopic (exact) mass is 226 g/mol. The van der Waals surface area contributed by atoms with Crippen LogP contribution in [0.2, 0.25) is 0 Å². The molecule has 0 saturated carbocycles. The molecule has 0 aliphatic heterocycles. The van der Waals surface area contributed by atoms with Crippen molar-refractivity contribution in [2.75, 3.05) is 0 Å². The first-order valence-corrected chi connectivity index (χ1v) is 5.27. The number of carbonyl (C=O) groups excluding carboxylic acids is 1. The van der Waals surface area contributed by atoms with Crippen molar-refractivity contribution < 1.29 is 9.53 Å². The van der Waals surface area contributed by atoms with Crippen LogP contribution in [0, 0.1) is 0 Å². The highest BCUT2D eigenvalue weighted by molar-refractivity contribution is 5.68. The lowest BCUT2D eigenvalue weighted by Gasteiger charge is -2.22. The number of hydrogen-bond acceptors (Lipinski definition) is 4. The van der Waals surface area contributed by atoms with Crippen LogP contribution >= 0.6 is 0 Å². The van der Waals surface area contributed by atoms with Crippen LogP contribution in [0.1, 0.15) is 45.9 Å². The summed E-state index contributed by atoms with van der Waals surface area (Å²) >= 11 is 0. The standard InChI is InChI=1S/C10H18N4O2/c1-5-7(8-6-11-14-13-8)12-9(15)16-10(2,3)4/h6-7H,5H2,1-4H3,(H,12,15)(H,11,13,14). The van der Waals surface area contributed by atoms with Crippen molar-refractivity contribution in [3.8, 4) is 0 Å². The summed E-state index contributed by atoms with van der Waals surface area (Å²) in [4.78, 5) is 11.5. The largest absolute Gasteiger partial charge is 0.444 e. The number of amides is 1. The quantitative estimate of drug-likeness (QED) is 0.823. The molecule has 16 heavy (non-hydrogen) atoms. The molecule has 6 heteroatoms. The molecule has 0 saturated heterocycles. The predicted molar refractivity (Wildman–Crippen MR) is 58.8 cm³/mol. The van der Waals surface area contributed by atoms with Gasteiger partial charge in [-0.15, -0.1) is 0 Å². The first kappa shape index (κ1) is 12.5. The number of carbonyl (C=O) groups is 1. The summed E-state index contributed by atoms with van der Waals surface area (Å²) in [6.07, 6.45) is 1.87. The second-order valence-corrected chi connectivity index (χ2v) is 4.50. The lowest BCUT2D eigenvalue weighted by Crippen LogP contribution is -2.34. The summed E-state index contributed by atoms with van der Waals surface area (Å²) in [5.41, 5.74) is 0.208. The Labute approximate surface area is 94.8 Å². The van der Waals surface area contributed by atoms with E-state index < -0.39 is 11.7 Å². The molecule has 90 valence electrons. The average Bonchev–Trinajstić information content (AvgIpc) is 2.63. The SMILES string of the molecule is CCC(NC(=O)OC(C)(C)C)c1cn[nH]n1. The third-order valence-corrected chi connectivity index (χ3v) is 1.89. The van der Waals surface area contributed by atoms with E-state index >= 15 is 0 Å². The topological polar surface area (TPSA) is 79.9 Å². The van der Waals surface area contributed by atoms with Gasteiger partial charge >= 0.3 is 6.09 Å². The number of hydrogen-bond donors (Lipinski definition) is 2. The van der Waals surface area contributed by atoms with Gasteiger partial charge in [-0.25, -0.2) is 4.79 Å². The molecule has 1 atom stereocenters. The van der Waals surface area contributed by atoms with Gasteiger partial charge in [0.05, 0.1) is 12.2 Å². The van der Waals surface area contributed by atoms with Gasteiger partial charge < -0.3 is 10.1 Å². The van der Waals surface area contributed by atoms with Crippen molar-refractivity contribution in [2.24, 2.45) is 0 Å². The maximum absolute atomic E-state index is 11.5. The van der Waals surface area contributed by atoms with E-state index in [0.29, 0.717) is 5.69 Å². The normalized spacial score (nSPS) is 13.2. The molecule has 1 rings (SSSR count).